The van der Waals surface area contributed by atoms with Gasteiger partial charge in [-0.3, -0.25) is 0 Å². The second kappa shape index (κ2) is 10.8. The van der Waals surface area contributed by atoms with Gasteiger partial charge in [-0.2, -0.15) is 0 Å². The standard InChI is InChI=1S/C24H27BrN6O2/c1-4-5-10-22-26-21(24(32-2)33-3)15-31(22)14-16-11-12-18(20(25)13-16)17-8-6-7-9-19(17)23-27-29-30-28-23/h6-9,11-13,15,24H,4-5,10,14H2,1-3H3,(H,27,28,29,30). The molecular formula is C24H27BrN6O2. The second-order valence-corrected chi connectivity index (χ2v) is 8.58. The lowest BCUT2D eigenvalue weighted by molar-refractivity contribution is -0.108. The fraction of sp³-hybridized carbons (Fsp3) is 0.333. The molecule has 0 spiro atoms. The molecule has 0 aliphatic heterocycles. The highest BCUT2D eigenvalue weighted by Gasteiger charge is 2.17. The molecule has 0 amide bonds. The minimum absolute atomic E-state index is 0.470. The molecule has 0 aliphatic rings. The maximum absolute atomic E-state index is 5.41. The number of imidazole rings is 1. The summed E-state index contributed by atoms with van der Waals surface area (Å²) in [7, 11) is 3.25. The minimum atomic E-state index is -0.470. The first-order valence-corrected chi connectivity index (χ1v) is 11.7. The van der Waals surface area contributed by atoms with Crippen molar-refractivity contribution in [2.45, 2.75) is 39.0 Å². The number of benzene rings is 2. The molecule has 8 nitrogen and oxygen atoms in total. The van der Waals surface area contributed by atoms with Crippen LogP contribution in [0.3, 0.4) is 0 Å². The second-order valence-electron chi connectivity index (χ2n) is 7.73. The number of tetrazole rings is 1. The fourth-order valence-electron chi connectivity index (χ4n) is 3.87. The zero-order valence-corrected chi connectivity index (χ0v) is 20.5. The summed E-state index contributed by atoms with van der Waals surface area (Å²) in [5, 5.41) is 14.4. The van der Waals surface area contributed by atoms with Gasteiger partial charge in [0.1, 0.15) is 11.5 Å². The number of nitrogens with one attached hydrogen (secondary N) is 1. The number of unbranched alkanes of at least 4 members (excludes halogenated alkanes) is 1. The van der Waals surface area contributed by atoms with Gasteiger partial charge in [0, 0.05) is 43.4 Å². The summed E-state index contributed by atoms with van der Waals surface area (Å²) in [6.45, 7) is 2.89. The number of hydrogen-bond acceptors (Lipinski definition) is 6. The van der Waals surface area contributed by atoms with Crippen molar-refractivity contribution in [3.63, 3.8) is 0 Å². The van der Waals surface area contributed by atoms with Crippen LogP contribution in [-0.4, -0.2) is 44.4 Å². The summed E-state index contributed by atoms with van der Waals surface area (Å²) in [4.78, 5) is 4.79. The quantitative estimate of drug-likeness (QED) is 0.295. The van der Waals surface area contributed by atoms with Gasteiger partial charge in [-0.25, -0.2) is 10.1 Å². The van der Waals surface area contributed by atoms with E-state index in [-0.39, 0.29) is 0 Å². The third-order valence-electron chi connectivity index (χ3n) is 5.51. The number of rotatable bonds is 10. The van der Waals surface area contributed by atoms with Gasteiger partial charge in [0.15, 0.2) is 5.82 Å². The van der Waals surface area contributed by atoms with Crippen molar-refractivity contribution >= 4 is 15.9 Å². The van der Waals surface area contributed by atoms with E-state index in [1.54, 1.807) is 14.2 Å². The molecule has 0 unspecified atom stereocenters. The van der Waals surface area contributed by atoms with Crippen molar-refractivity contribution < 1.29 is 9.47 Å². The highest BCUT2D eigenvalue weighted by Crippen LogP contribution is 2.35. The molecule has 172 valence electrons. The number of methoxy groups -OCH3 is 2. The lowest BCUT2D eigenvalue weighted by Crippen LogP contribution is -2.04. The topological polar surface area (TPSA) is 90.7 Å². The van der Waals surface area contributed by atoms with E-state index in [4.69, 9.17) is 14.5 Å². The van der Waals surface area contributed by atoms with Crippen molar-refractivity contribution in [3.8, 4) is 22.5 Å². The zero-order chi connectivity index (χ0) is 23.2. The molecule has 2 heterocycles. The molecule has 4 aromatic rings. The Kier molecular flexibility index (Phi) is 7.64. The molecule has 0 saturated carbocycles. The van der Waals surface area contributed by atoms with Crippen LogP contribution in [0.5, 0.6) is 0 Å². The van der Waals surface area contributed by atoms with Crippen molar-refractivity contribution in [1.29, 1.82) is 0 Å². The Balaban J connectivity index is 1.64. The van der Waals surface area contributed by atoms with E-state index in [2.05, 4.69) is 72.3 Å². The van der Waals surface area contributed by atoms with Crippen LogP contribution in [0.15, 0.2) is 53.1 Å². The molecular weight excluding hydrogens is 484 g/mol. The average molecular weight is 511 g/mol. The Morgan fingerprint density at radius 3 is 2.52 bits per heavy atom. The van der Waals surface area contributed by atoms with Crippen LogP contribution < -0.4 is 0 Å². The number of halogens is 1. The van der Waals surface area contributed by atoms with Gasteiger partial charge in [-0.05, 0) is 39.6 Å². The summed E-state index contributed by atoms with van der Waals surface area (Å²) in [5.74, 6) is 1.67. The maximum Gasteiger partial charge on any atom is 0.202 e. The predicted octanol–water partition coefficient (Wildman–Crippen LogP) is 5.18. The summed E-state index contributed by atoms with van der Waals surface area (Å²) in [6, 6.07) is 14.5. The summed E-state index contributed by atoms with van der Waals surface area (Å²) in [6.07, 6.45) is 4.66. The molecule has 0 fully saturated rings. The van der Waals surface area contributed by atoms with Crippen molar-refractivity contribution in [3.05, 3.63) is 70.2 Å². The van der Waals surface area contributed by atoms with Gasteiger partial charge < -0.3 is 14.0 Å². The molecule has 0 bridgehead atoms. The summed E-state index contributed by atoms with van der Waals surface area (Å²) < 4.78 is 14.0. The van der Waals surface area contributed by atoms with E-state index >= 15 is 0 Å². The van der Waals surface area contributed by atoms with Crippen LogP contribution in [0.2, 0.25) is 0 Å². The normalized spacial score (nSPS) is 11.4. The maximum atomic E-state index is 5.41. The van der Waals surface area contributed by atoms with E-state index in [1.807, 2.05) is 24.4 Å². The van der Waals surface area contributed by atoms with Crippen molar-refractivity contribution in [2.75, 3.05) is 14.2 Å². The van der Waals surface area contributed by atoms with Crippen LogP contribution in [0.4, 0.5) is 0 Å². The molecule has 0 atom stereocenters. The molecule has 1 N–H and O–H groups in total. The van der Waals surface area contributed by atoms with Gasteiger partial charge in [-0.1, -0.05) is 65.7 Å². The van der Waals surface area contributed by atoms with Gasteiger partial charge in [0.05, 0.1) is 0 Å². The van der Waals surface area contributed by atoms with Crippen molar-refractivity contribution in [2.24, 2.45) is 0 Å². The van der Waals surface area contributed by atoms with Crippen LogP contribution in [0.1, 0.15) is 43.1 Å². The zero-order valence-electron chi connectivity index (χ0n) is 19.0. The van der Waals surface area contributed by atoms with Gasteiger partial charge >= 0.3 is 0 Å². The molecule has 0 radical (unpaired) electrons. The van der Waals surface area contributed by atoms with E-state index in [9.17, 15) is 0 Å². The average Bonchev–Trinajstić information content (AvgIpc) is 3.49. The first-order chi connectivity index (χ1) is 16.1. The number of aromatic amines is 1. The van der Waals surface area contributed by atoms with E-state index in [0.29, 0.717) is 12.4 Å². The van der Waals surface area contributed by atoms with Gasteiger partial charge in [0.25, 0.3) is 0 Å². The monoisotopic (exact) mass is 510 g/mol. The Morgan fingerprint density at radius 1 is 1.06 bits per heavy atom. The summed E-state index contributed by atoms with van der Waals surface area (Å²) >= 11 is 3.78. The number of nitrogens with zero attached hydrogens (tertiary/aromatic N) is 5. The number of aryl methyl sites for hydroxylation is 1. The largest absolute Gasteiger partial charge is 0.350 e. The Morgan fingerprint density at radius 2 is 1.85 bits per heavy atom. The first kappa shape index (κ1) is 23.3. The SMILES string of the molecule is CCCCc1nc(C(OC)OC)cn1Cc1ccc(-c2ccccc2-c2nnn[nH]2)c(Br)c1. The lowest BCUT2D eigenvalue weighted by atomic mass is 9.98. The number of aromatic nitrogens is 6. The number of hydrogen-bond donors (Lipinski definition) is 1. The number of H-pyrrole nitrogens is 1. The van der Waals surface area contributed by atoms with E-state index in [0.717, 1.165) is 57.5 Å². The molecule has 0 aliphatic carbocycles. The Hall–Kier alpha value is -2.88. The smallest absolute Gasteiger partial charge is 0.202 e. The summed E-state index contributed by atoms with van der Waals surface area (Å²) in [5.41, 5.74) is 5.02. The minimum Gasteiger partial charge on any atom is -0.350 e. The molecule has 4 rings (SSSR count). The van der Waals surface area contributed by atoms with E-state index in [1.165, 1.54) is 0 Å². The van der Waals surface area contributed by atoms with Crippen LogP contribution in [-0.2, 0) is 22.4 Å². The van der Waals surface area contributed by atoms with Gasteiger partial charge in [0.2, 0.25) is 6.29 Å². The highest BCUT2D eigenvalue weighted by molar-refractivity contribution is 9.10. The van der Waals surface area contributed by atoms with Crippen LogP contribution in [0.25, 0.3) is 22.5 Å². The highest BCUT2D eigenvalue weighted by atomic mass is 79.9. The molecule has 9 heteroatoms. The first-order valence-electron chi connectivity index (χ1n) is 10.9. The number of ether oxygens (including phenoxy) is 2. The molecule has 2 aromatic carbocycles. The predicted molar refractivity (Wildman–Crippen MR) is 129 cm³/mol. The Labute approximate surface area is 201 Å². The molecule has 33 heavy (non-hydrogen) atoms. The lowest BCUT2D eigenvalue weighted by Gasteiger charge is -2.12. The Bertz CT molecular complexity index is 1190. The van der Waals surface area contributed by atoms with Crippen LogP contribution in [0, 0.1) is 0 Å². The van der Waals surface area contributed by atoms with Gasteiger partial charge in [-0.15, -0.1) is 5.10 Å². The molecule has 2 aromatic heterocycles. The molecule has 0 saturated heterocycles. The van der Waals surface area contributed by atoms with Crippen LogP contribution >= 0.6 is 15.9 Å². The third-order valence-corrected chi connectivity index (χ3v) is 6.16. The van der Waals surface area contributed by atoms with Crippen molar-refractivity contribution in [1.82, 2.24) is 30.2 Å². The van der Waals surface area contributed by atoms with E-state index < -0.39 is 6.29 Å². The fourth-order valence-corrected chi connectivity index (χ4v) is 4.51. The third kappa shape index (κ3) is 5.21.